The number of fused-ring (bicyclic) bond motifs is 1. The van der Waals surface area contributed by atoms with E-state index in [4.69, 9.17) is 0 Å². The summed E-state index contributed by atoms with van der Waals surface area (Å²) in [4.78, 5) is 19.4. The number of nitrogens with zero attached hydrogens (tertiary/aromatic N) is 1. The van der Waals surface area contributed by atoms with E-state index >= 15 is 0 Å². The summed E-state index contributed by atoms with van der Waals surface area (Å²) in [5.74, 6) is 0.719. The van der Waals surface area contributed by atoms with Crippen molar-refractivity contribution in [3.63, 3.8) is 0 Å². The van der Waals surface area contributed by atoms with E-state index in [-0.39, 0.29) is 5.56 Å². The fourth-order valence-electron chi connectivity index (χ4n) is 3.14. The molecule has 4 nitrogen and oxygen atoms in total. The molecule has 1 saturated carbocycles. The van der Waals surface area contributed by atoms with Gasteiger partial charge in [0.15, 0.2) is 0 Å². The highest BCUT2D eigenvalue weighted by Gasteiger charge is 2.33. The van der Waals surface area contributed by atoms with Crippen LogP contribution in [0.5, 0.6) is 0 Å². The van der Waals surface area contributed by atoms with Crippen LogP contribution in [-0.2, 0) is 6.54 Å². The number of H-pyrrole nitrogens is 1. The first-order valence-corrected chi connectivity index (χ1v) is 7.27. The van der Waals surface area contributed by atoms with Gasteiger partial charge in [0.05, 0.1) is 17.4 Å². The van der Waals surface area contributed by atoms with Crippen LogP contribution in [0.3, 0.4) is 0 Å². The first kappa shape index (κ1) is 13.3. The maximum atomic E-state index is 12.0. The molecule has 0 radical (unpaired) electrons. The lowest BCUT2D eigenvalue weighted by Crippen LogP contribution is -2.37. The molecule has 0 bridgehead atoms. The summed E-state index contributed by atoms with van der Waals surface area (Å²) >= 11 is 0. The van der Waals surface area contributed by atoms with E-state index in [1.54, 1.807) is 6.07 Å². The Kier molecular flexibility index (Phi) is 3.34. The molecular formula is C16H21N3O. The lowest BCUT2D eigenvalue weighted by Gasteiger charge is -2.27. The molecule has 1 aromatic heterocycles. The summed E-state index contributed by atoms with van der Waals surface area (Å²) < 4.78 is 0. The van der Waals surface area contributed by atoms with Gasteiger partial charge in [-0.1, -0.05) is 32.4 Å². The molecule has 1 aliphatic carbocycles. The molecule has 1 atom stereocenters. The van der Waals surface area contributed by atoms with E-state index in [0.717, 1.165) is 11.3 Å². The Morgan fingerprint density at radius 2 is 2.20 bits per heavy atom. The van der Waals surface area contributed by atoms with Crippen molar-refractivity contribution < 1.29 is 0 Å². The molecule has 1 aliphatic rings. The summed E-state index contributed by atoms with van der Waals surface area (Å²) in [6, 6.07) is 7.95. The molecule has 4 heteroatoms. The Morgan fingerprint density at radius 3 is 2.95 bits per heavy atom. The third kappa shape index (κ3) is 2.48. The van der Waals surface area contributed by atoms with Gasteiger partial charge in [0.2, 0.25) is 0 Å². The fourth-order valence-corrected chi connectivity index (χ4v) is 3.14. The Balaban J connectivity index is 1.80. The van der Waals surface area contributed by atoms with Gasteiger partial charge in [-0.05, 0) is 30.4 Å². The van der Waals surface area contributed by atoms with Crippen molar-refractivity contribution in [1.82, 2.24) is 15.3 Å². The lowest BCUT2D eigenvalue weighted by molar-refractivity contribution is 0.281. The summed E-state index contributed by atoms with van der Waals surface area (Å²) in [7, 11) is 0. The number of aromatic amines is 1. The van der Waals surface area contributed by atoms with Gasteiger partial charge in [-0.3, -0.25) is 4.79 Å². The number of rotatable bonds is 3. The highest BCUT2D eigenvalue weighted by Crippen LogP contribution is 2.37. The molecule has 3 rings (SSSR count). The number of nitrogens with one attached hydrogen (secondary N) is 2. The average Bonchev–Trinajstić information content (AvgIpc) is 2.75. The minimum absolute atomic E-state index is 0.0573. The molecular weight excluding hydrogens is 250 g/mol. The van der Waals surface area contributed by atoms with Crippen molar-refractivity contribution in [2.24, 2.45) is 5.41 Å². The van der Waals surface area contributed by atoms with Gasteiger partial charge >= 0.3 is 0 Å². The summed E-state index contributed by atoms with van der Waals surface area (Å²) in [5.41, 5.74) is 1.04. The van der Waals surface area contributed by atoms with Crippen molar-refractivity contribution >= 4 is 10.9 Å². The van der Waals surface area contributed by atoms with Crippen molar-refractivity contribution in [2.45, 2.75) is 45.7 Å². The smallest absolute Gasteiger partial charge is 0.258 e. The summed E-state index contributed by atoms with van der Waals surface area (Å²) in [6.45, 7) is 5.22. The average molecular weight is 271 g/mol. The molecule has 0 saturated heterocycles. The molecule has 2 N–H and O–H groups in total. The minimum Gasteiger partial charge on any atom is -0.309 e. The van der Waals surface area contributed by atoms with E-state index < -0.39 is 0 Å². The van der Waals surface area contributed by atoms with Crippen molar-refractivity contribution in [3.05, 3.63) is 40.4 Å². The highest BCUT2D eigenvalue weighted by molar-refractivity contribution is 5.77. The number of hydrogen-bond acceptors (Lipinski definition) is 3. The third-order valence-corrected chi connectivity index (χ3v) is 4.44. The molecule has 1 aromatic carbocycles. The van der Waals surface area contributed by atoms with E-state index in [0.29, 0.717) is 23.4 Å². The monoisotopic (exact) mass is 271 g/mol. The van der Waals surface area contributed by atoms with Crippen LogP contribution < -0.4 is 10.9 Å². The molecule has 1 unspecified atom stereocenters. The number of para-hydroxylation sites is 1. The number of benzene rings is 1. The van der Waals surface area contributed by atoms with Crippen LogP contribution in [0.4, 0.5) is 0 Å². The largest absolute Gasteiger partial charge is 0.309 e. The van der Waals surface area contributed by atoms with E-state index in [1.165, 1.54) is 19.3 Å². The topological polar surface area (TPSA) is 57.8 Å². The second kappa shape index (κ2) is 5.02. The minimum atomic E-state index is -0.0573. The van der Waals surface area contributed by atoms with E-state index in [9.17, 15) is 4.79 Å². The molecule has 106 valence electrons. The van der Waals surface area contributed by atoms with E-state index in [1.807, 2.05) is 18.2 Å². The zero-order chi connectivity index (χ0) is 14.2. The fraction of sp³-hybridized carbons (Fsp3) is 0.500. The summed E-state index contributed by atoms with van der Waals surface area (Å²) in [6.07, 6.45) is 3.73. The first-order valence-electron chi connectivity index (χ1n) is 7.27. The van der Waals surface area contributed by atoms with Gasteiger partial charge in [-0.15, -0.1) is 0 Å². The normalized spacial score (nSPS) is 21.4. The van der Waals surface area contributed by atoms with Crippen LogP contribution in [0.2, 0.25) is 0 Å². The van der Waals surface area contributed by atoms with Crippen LogP contribution in [-0.4, -0.2) is 16.0 Å². The quantitative estimate of drug-likeness (QED) is 0.902. The Morgan fingerprint density at radius 1 is 1.40 bits per heavy atom. The standard InChI is InChI=1S/C16H21N3O/c1-16(2)9-5-8-13(16)17-10-14-18-12-7-4-3-6-11(12)15(20)19-14/h3-4,6-7,13,17H,5,8-10H2,1-2H3,(H,18,19,20). The van der Waals surface area contributed by atoms with Crippen LogP contribution in [0.15, 0.2) is 29.1 Å². The molecule has 0 amide bonds. The van der Waals surface area contributed by atoms with Crippen molar-refractivity contribution in [1.29, 1.82) is 0 Å². The SMILES string of the molecule is CC1(C)CCCC1NCc1nc2ccccc2c(=O)[nH]1. The van der Waals surface area contributed by atoms with Crippen LogP contribution >= 0.6 is 0 Å². The Labute approximate surface area is 118 Å². The highest BCUT2D eigenvalue weighted by atomic mass is 16.1. The maximum absolute atomic E-state index is 12.0. The zero-order valence-electron chi connectivity index (χ0n) is 12.1. The second-order valence-corrected chi connectivity index (χ2v) is 6.34. The number of aromatic nitrogens is 2. The first-order chi connectivity index (χ1) is 9.56. The number of hydrogen-bond donors (Lipinski definition) is 2. The second-order valence-electron chi connectivity index (χ2n) is 6.34. The lowest BCUT2D eigenvalue weighted by atomic mass is 9.87. The van der Waals surface area contributed by atoms with Crippen LogP contribution in [0.25, 0.3) is 10.9 Å². The van der Waals surface area contributed by atoms with Gasteiger partial charge in [0.1, 0.15) is 5.82 Å². The van der Waals surface area contributed by atoms with Gasteiger partial charge in [-0.25, -0.2) is 4.98 Å². The molecule has 2 aromatic rings. The summed E-state index contributed by atoms with van der Waals surface area (Å²) in [5, 5.41) is 4.20. The van der Waals surface area contributed by atoms with Crippen LogP contribution in [0.1, 0.15) is 38.9 Å². The van der Waals surface area contributed by atoms with Crippen molar-refractivity contribution in [3.8, 4) is 0 Å². The molecule has 0 spiro atoms. The van der Waals surface area contributed by atoms with Crippen LogP contribution in [0, 0.1) is 5.41 Å². The zero-order valence-corrected chi connectivity index (χ0v) is 12.1. The van der Waals surface area contributed by atoms with Gasteiger partial charge in [-0.2, -0.15) is 0 Å². The maximum Gasteiger partial charge on any atom is 0.258 e. The predicted molar refractivity (Wildman–Crippen MR) is 80.6 cm³/mol. The van der Waals surface area contributed by atoms with Gasteiger partial charge in [0.25, 0.3) is 5.56 Å². The van der Waals surface area contributed by atoms with Crippen molar-refractivity contribution in [2.75, 3.05) is 0 Å². The van der Waals surface area contributed by atoms with Gasteiger partial charge < -0.3 is 10.3 Å². The molecule has 0 aliphatic heterocycles. The van der Waals surface area contributed by atoms with Gasteiger partial charge in [0, 0.05) is 6.04 Å². The van der Waals surface area contributed by atoms with E-state index in [2.05, 4.69) is 29.1 Å². The third-order valence-electron chi connectivity index (χ3n) is 4.44. The molecule has 1 heterocycles. The molecule has 1 fully saturated rings. The molecule has 20 heavy (non-hydrogen) atoms. The Hall–Kier alpha value is -1.68. The predicted octanol–water partition coefficient (Wildman–Crippen LogP) is 2.59. The Bertz CT molecular complexity index is 675.